The van der Waals surface area contributed by atoms with Gasteiger partial charge in [0, 0.05) is 54.3 Å². The number of hydrogen-bond acceptors (Lipinski definition) is 27. The van der Waals surface area contributed by atoms with Crippen LogP contribution in [0.3, 0.4) is 0 Å². The van der Waals surface area contributed by atoms with Gasteiger partial charge in [-0.05, 0) is 202 Å². The Morgan fingerprint density at radius 3 is 1.91 bits per heavy atom. The van der Waals surface area contributed by atoms with Crippen LogP contribution in [0.4, 0.5) is 0 Å². The monoisotopic (exact) mass is 1780 g/mol. The van der Waals surface area contributed by atoms with E-state index in [0.717, 1.165) is 86.7 Å². The highest BCUT2D eigenvalue weighted by molar-refractivity contribution is 6.32. The quantitative estimate of drug-likeness (QED) is 0.0453. The van der Waals surface area contributed by atoms with Gasteiger partial charge in [0.25, 0.3) is 0 Å². The Kier molecular flexibility index (Phi) is 28.1. The van der Waals surface area contributed by atoms with Gasteiger partial charge in [-0.25, -0.2) is 0 Å². The molecule has 11 aliphatic rings. The Bertz CT molecular complexity index is 5100. The molecule has 5 aliphatic carbocycles. The fraction of sp³-hybridized carbons (Fsp3) is 0.494. The third kappa shape index (κ3) is 20.1. The number of likely N-dealkylation sites (N-methyl/N-ethyl adjacent to an activating group) is 2. The molecule has 126 heavy (non-hydrogen) atoms. The van der Waals surface area contributed by atoms with Crippen LogP contribution >= 0.6 is 23.2 Å². The normalized spacial score (nSPS) is 30.2. The summed E-state index contributed by atoms with van der Waals surface area (Å²) >= 11 is 14.6. The third-order valence-electron chi connectivity index (χ3n) is 25.2. The Morgan fingerprint density at radius 2 is 1.29 bits per heavy atom. The smallest absolute Gasteiger partial charge is 0.248 e. The fourth-order valence-electron chi connectivity index (χ4n) is 18.9. The van der Waals surface area contributed by atoms with E-state index in [2.05, 4.69) is 53.2 Å². The topological polar surface area (TPSA) is 537 Å². The maximum absolute atomic E-state index is 16.7. The van der Waals surface area contributed by atoms with Gasteiger partial charge in [0.1, 0.15) is 108 Å². The Morgan fingerprint density at radius 1 is 0.667 bits per heavy atom. The van der Waals surface area contributed by atoms with Crippen LogP contribution in [0.2, 0.25) is 10.0 Å². The summed E-state index contributed by atoms with van der Waals surface area (Å²) in [7, 11) is 1.48. The Balaban J connectivity index is 0.951. The van der Waals surface area contributed by atoms with Crippen LogP contribution in [-0.2, 0) is 59.0 Å². The summed E-state index contributed by atoms with van der Waals surface area (Å²) in [6.45, 7) is 9.52. The van der Waals surface area contributed by atoms with Crippen molar-refractivity contribution in [2.24, 2.45) is 41.2 Å². The predicted octanol–water partition coefficient (Wildman–Crippen LogP) is 4.01. The number of carbonyl (C=O) groups excluding carboxylic acids is 9. The number of ether oxygens (including phenoxy) is 6. The van der Waals surface area contributed by atoms with E-state index in [1.54, 1.807) is 31.2 Å². The molecule has 676 valence electrons. The fourth-order valence-corrected chi connectivity index (χ4v) is 19.4. The Hall–Kier alpha value is -10.5. The number of nitrogens with two attached hydrogens (primary N) is 1. The summed E-state index contributed by atoms with van der Waals surface area (Å²) < 4.78 is 39.1. The molecule has 0 unspecified atom stereocenters. The zero-order valence-electron chi connectivity index (χ0n) is 70.0. The molecule has 37 heteroatoms. The number of fused-ring (bicyclic) bond motifs is 15. The van der Waals surface area contributed by atoms with Crippen molar-refractivity contribution in [3.05, 3.63) is 147 Å². The second-order valence-corrected chi connectivity index (χ2v) is 35.7. The Labute approximate surface area is 735 Å². The molecule has 21 N–H and O–H groups in total. The van der Waals surface area contributed by atoms with Crippen molar-refractivity contribution in [3.63, 3.8) is 0 Å². The van der Waals surface area contributed by atoms with Crippen LogP contribution in [-0.4, -0.2) is 211 Å². The van der Waals surface area contributed by atoms with Gasteiger partial charge in [0.15, 0.2) is 17.8 Å². The molecule has 9 amide bonds. The molecule has 0 spiro atoms. The lowest BCUT2D eigenvalue weighted by Gasteiger charge is -2.54. The summed E-state index contributed by atoms with van der Waals surface area (Å²) in [4.78, 5) is 139. The highest BCUT2D eigenvalue weighted by atomic mass is 35.5. The number of nitrogens with one attached hydrogen (secondary N) is 10. The van der Waals surface area contributed by atoms with E-state index in [1.807, 2.05) is 20.8 Å². The van der Waals surface area contributed by atoms with Crippen molar-refractivity contribution in [3.8, 4) is 62.9 Å². The van der Waals surface area contributed by atoms with Gasteiger partial charge in [-0.15, -0.1) is 0 Å². The van der Waals surface area contributed by atoms with Gasteiger partial charge in [0.05, 0.1) is 47.2 Å². The first-order valence-corrected chi connectivity index (χ1v) is 43.1. The number of phenols is 3. The molecule has 6 aromatic rings. The van der Waals surface area contributed by atoms with Crippen molar-refractivity contribution in [2.45, 2.75) is 208 Å². The minimum atomic E-state index is -2.38. The second-order valence-electron chi connectivity index (χ2n) is 34.9. The molecule has 18 atom stereocenters. The number of rotatable bonds is 21. The molecule has 6 fully saturated rings. The molecule has 6 heterocycles. The summed E-state index contributed by atoms with van der Waals surface area (Å²) in [5.74, 6) is -14.7. The van der Waals surface area contributed by atoms with Crippen molar-refractivity contribution in [1.29, 1.82) is 0 Å². The maximum atomic E-state index is 16.7. The number of phenolic OH excluding ortho intramolecular Hbond substituents is 3. The largest absolute Gasteiger partial charge is 0.508 e. The lowest BCUT2D eigenvalue weighted by Crippen LogP contribution is -2.63. The maximum Gasteiger partial charge on any atom is 0.248 e. The number of aliphatic hydroxyl groups is 6. The predicted molar refractivity (Wildman–Crippen MR) is 452 cm³/mol. The lowest BCUT2D eigenvalue weighted by molar-refractivity contribution is -0.286. The molecule has 0 radical (unpaired) electrons. The van der Waals surface area contributed by atoms with E-state index in [9.17, 15) is 60.3 Å². The summed E-state index contributed by atoms with van der Waals surface area (Å²) in [5, 5.41) is 134. The zero-order valence-corrected chi connectivity index (χ0v) is 71.5. The minimum Gasteiger partial charge on any atom is -0.508 e. The van der Waals surface area contributed by atoms with Gasteiger partial charge >= 0.3 is 0 Å². The molecule has 17 rings (SSSR count). The number of hydrogen-bond donors (Lipinski definition) is 20. The summed E-state index contributed by atoms with van der Waals surface area (Å²) in [5.41, 5.74) is 3.52. The number of aromatic hydroxyl groups is 3. The van der Waals surface area contributed by atoms with E-state index in [1.165, 1.54) is 38.2 Å². The van der Waals surface area contributed by atoms with Crippen LogP contribution in [0, 0.1) is 35.5 Å². The number of halogens is 2. The van der Waals surface area contributed by atoms with Gasteiger partial charge in [-0.1, -0.05) is 74.3 Å². The van der Waals surface area contributed by atoms with Crippen molar-refractivity contribution in [2.75, 3.05) is 33.4 Å². The van der Waals surface area contributed by atoms with E-state index < -0.39 is 222 Å². The number of aliphatic hydroxyl groups excluding tert-OH is 6. The van der Waals surface area contributed by atoms with Crippen LogP contribution in [0.1, 0.15) is 156 Å². The first kappa shape index (κ1) is 91.7. The first-order chi connectivity index (χ1) is 60.0. The molecule has 15 bridgehead atoms. The molecule has 35 nitrogen and oxygen atoms in total. The summed E-state index contributed by atoms with van der Waals surface area (Å²) in [6.07, 6.45) is -12.3. The second kappa shape index (κ2) is 38.6. The molecule has 6 aliphatic heterocycles. The molecular formula is C89H107Cl2N11O24. The van der Waals surface area contributed by atoms with E-state index in [-0.39, 0.29) is 98.0 Å². The van der Waals surface area contributed by atoms with E-state index in [0.29, 0.717) is 42.8 Å². The average molecular weight is 1790 g/mol. The number of benzene rings is 6. The average Bonchev–Trinajstić information content (AvgIpc) is 0.750. The molecular weight excluding hydrogens is 1680 g/mol. The number of carbonyl (C=O) groups is 9. The van der Waals surface area contributed by atoms with E-state index >= 15 is 28.8 Å². The number of imide groups is 1. The zero-order chi connectivity index (χ0) is 90.2. The van der Waals surface area contributed by atoms with Gasteiger partial charge in [-0.2, -0.15) is 0 Å². The van der Waals surface area contributed by atoms with Crippen LogP contribution < -0.4 is 77.8 Å². The third-order valence-corrected chi connectivity index (χ3v) is 25.8. The summed E-state index contributed by atoms with van der Waals surface area (Å²) in [6, 6.07) is 6.73. The van der Waals surface area contributed by atoms with Crippen molar-refractivity contribution < 1.29 is 118 Å². The highest BCUT2D eigenvalue weighted by Gasteiger charge is 2.53. The SMILES string of the molecule is CCNCCOc1ccc(CC(=O)NC(=O)C[C@@H]2NC(=O)[C@H](NC(=O)[C@@H](CC(C)C)NC)[C@H](O)c3ccc(c(Cl)c3)Oc3cc4cc(c3O[C@@H]3C[C@H](CO)[C@@H](O)[C@H](O)[C@H]3O[C@H]3C[C@](C)(N)[C@H](O)[C@H](C)O3)Oc3ccc(cc3Cl)[C@@H](O)[C@@H]3NC(=O)[C@H](NC(=O)[C@@H]4NC2=O)c2ccc(O)c(c2)-c2c(O)cc(O)cc2[C@@H](C(=O)NC2C4CC5CC(C4)CC2C5)NC3=O)cc1. The molecule has 1 saturated heterocycles. The minimum absolute atomic E-state index is 0.0599. The van der Waals surface area contributed by atoms with Crippen molar-refractivity contribution in [1.82, 2.24) is 53.2 Å². The van der Waals surface area contributed by atoms with E-state index in [4.69, 9.17) is 57.4 Å². The highest BCUT2D eigenvalue weighted by Crippen LogP contribution is 2.55. The van der Waals surface area contributed by atoms with Crippen LogP contribution in [0.25, 0.3) is 11.1 Å². The van der Waals surface area contributed by atoms with Crippen LogP contribution in [0.5, 0.6) is 51.7 Å². The molecule has 5 saturated carbocycles. The first-order valence-electron chi connectivity index (χ1n) is 42.4. The van der Waals surface area contributed by atoms with Gasteiger partial charge in [-0.3, -0.25) is 48.5 Å². The standard InChI is InChI=1S/C89H107Cl2N11O24/c1-7-94-18-19-121-51-13-8-40(9-14-51)26-65(107)96-66(108)35-57-83(115)98-71-48-30-62(123-60-16-11-44(28-54(60)90)75(109)73(87(119)95-57)101-82(114)56(93-6)20-38(2)3)79(125-64-32-49(37-103)77(111)78(112)80(64)126-67-36-89(5,92)81(113)39(4)122-67)63(31-48)124-61-17-12-45(29-55(61)91)76(110)74-88(120)100-72(86(118)97-69-46-22-41-21-42(24-46)25-47(69)23-41)53-33-50(104)34-59(106)68(53)52-27-43(10-15-58(52)105)70(84(116)102-74)99-85(71)117/h8-17,27-31,33-34,38-39,41-42,46-47,49,56-57,64,67,69-78,80-81,93-94,103-106,109-113H,7,18-26,32,35-37,92H2,1-6H3,(H,95,119)(H,97,118)(H,98,115)(H,99,117)(H,100,120)(H,101,114)(H,102,116)(H,96,107,108)/t39-,41?,42?,46?,47?,49+,56+,57-,64+,67-,69?,70+,71+,72-,73+,74-,75+,76+,77+,78-,80-,81+,89-/m0/s1. The molecule has 6 aromatic carbocycles. The van der Waals surface area contributed by atoms with Crippen molar-refractivity contribution >= 4 is 76.4 Å². The lowest BCUT2D eigenvalue weighted by atomic mass is 9.54. The van der Waals surface area contributed by atoms with Gasteiger partial charge in [0.2, 0.25) is 58.9 Å². The molecule has 0 aromatic heterocycles. The number of amides is 9. The van der Waals surface area contributed by atoms with Gasteiger partial charge < -0.3 is 128 Å². The van der Waals surface area contributed by atoms with Crippen LogP contribution in [0.15, 0.2) is 103 Å².